The normalized spacial score (nSPS) is 12.8. The van der Waals surface area contributed by atoms with Gasteiger partial charge < -0.3 is 10.1 Å². The largest absolute Gasteiger partial charge is 0.573 e. The van der Waals surface area contributed by atoms with Crippen LogP contribution < -0.4 is 10.1 Å². The molecule has 0 bridgehead atoms. The van der Waals surface area contributed by atoms with Crippen molar-refractivity contribution in [1.29, 1.82) is 0 Å². The van der Waals surface area contributed by atoms with Gasteiger partial charge in [0.15, 0.2) is 0 Å². The summed E-state index contributed by atoms with van der Waals surface area (Å²) in [5.74, 6) is -0.226. The van der Waals surface area contributed by atoms with E-state index in [4.69, 9.17) is 0 Å². The Morgan fingerprint density at radius 2 is 1.52 bits per heavy atom. The maximum atomic E-state index is 12.1. The number of halogens is 3. The van der Waals surface area contributed by atoms with Gasteiger partial charge in [0.1, 0.15) is 5.75 Å². The lowest BCUT2D eigenvalue weighted by Gasteiger charge is -2.16. The molecule has 1 atom stereocenters. The highest BCUT2D eigenvalue weighted by atomic mass is 19.4. The second kappa shape index (κ2) is 6.08. The third-order valence-electron chi connectivity index (χ3n) is 3.05. The van der Waals surface area contributed by atoms with Crippen LogP contribution in [0, 0.1) is 6.92 Å². The smallest absolute Gasteiger partial charge is 0.406 e. The van der Waals surface area contributed by atoms with E-state index in [9.17, 15) is 13.2 Å². The van der Waals surface area contributed by atoms with Gasteiger partial charge in [0, 0.05) is 11.7 Å². The first-order valence-electron chi connectivity index (χ1n) is 6.52. The topological polar surface area (TPSA) is 21.3 Å². The lowest BCUT2D eigenvalue weighted by Crippen LogP contribution is -2.17. The number of benzene rings is 2. The van der Waals surface area contributed by atoms with E-state index in [1.54, 1.807) is 12.1 Å². The minimum atomic E-state index is -4.66. The zero-order valence-corrected chi connectivity index (χ0v) is 11.7. The number of alkyl halides is 3. The number of aryl methyl sites for hydroxylation is 1. The maximum Gasteiger partial charge on any atom is 0.573 e. The molecule has 0 fully saturated rings. The number of hydrogen-bond acceptors (Lipinski definition) is 2. The number of anilines is 1. The summed E-state index contributed by atoms with van der Waals surface area (Å²) >= 11 is 0. The van der Waals surface area contributed by atoms with Gasteiger partial charge in [-0.2, -0.15) is 0 Å². The summed E-state index contributed by atoms with van der Waals surface area (Å²) in [6, 6.07) is 13.8. The van der Waals surface area contributed by atoms with Crippen LogP contribution in [0.4, 0.5) is 18.9 Å². The molecule has 0 aromatic heterocycles. The summed E-state index contributed by atoms with van der Waals surface area (Å²) in [5, 5.41) is 3.23. The predicted octanol–water partition coefficient (Wildman–Crippen LogP) is 5.07. The van der Waals surface area contributed by atoms with E-state index in [1.807, 2.05) is 38.1 Å². The second-order valence-electron chi connectivity index (χ2n) is 4.85. The predicted molar refractivity (Wildman–Crippen MR) is 76.3 cm³/mol. The van der Waals surface area contributed by atoms with Crippen LogP contribution in [0.5, 0.6) is 5.75 Å². The van der Waals surface area contributed by atoms with Gasteiger partial charge in [-0.15, -0.1) is 13.2 Å². The Balaban J connectivity index is 2.01. The molecular formula is C16H16F3NO. The summed E-state index contributed by atoms with van der Waals surface area (Å²) in [6.07, 6.45) is -4.66. The Kier molecular flexibility index (Phi) is 4.40. The fourth-order valence-corrected chi connectivity index (χ4v) is 1.94. The third kappa shape index (κ3) is 4.70. The van der Waals surface area contributed by atoms with E-state index in [1.165, 1.54) is 17.7 Å². The number of rotatable bonds is 4. The number of hydrogen-bond donors (Lipinski definition) is 1. The van der Waals surface area contributed by atoms with Crippen LogP contribution in [0.25, 0.3) is 0 Å². The number of nitrogens with one attached hydrogen (secondary N) is 1. The van der Waals surface area contributed by atoms with Crippen molar-refractivity contribution in [3.05, 3.63) is 59.7 Å². The Bertz CT molecular complexity index is 576. The summed E-state index contributed by atoms with van der Waals surface area (Å²) in [6.45, 7) is 4.01. The van der Waals surface area contributed by atoms with Crippen molar-refractivity contribution in [3.8, 4) is 5.75 Å². The molecule has 0 saturated heterocycles. The van der Waals surface area contributed by atoms with E-state index < -0.39 is 6.36 Å². The molecule has 112 valence electrons. The van der Waals surface area contributed by atoms with E-state index in [0.717, 1.165) is 11.3 Å². The Labute approximate surface area is 121 Å². The summed E-state index contributed by atoms with van der Waals surface area (Å²) in [5.41, 5.74) is 3.02. The fourth-order valence-electron chi connectivity index (χ4n) is 1.94. The van der Waals surface area contributed by atoms with Crippen LogP contribution in [0.2, 0.25) is 0 Å². The zero-order chi connectivity index (χ0) is 15.5. The third-order valence-corrected chi connectivity index (χ3v) is 3.05. The van der Waals surface area contributed by atoms with Gasteiger partial charge in [0.05, 0.1) is 0 Å². The molecule has 0 spiro atoms. The van der Waals surface area contributed by atoms with Crippen molar-refractivity contribution in [2.24, 2.45) is 0 Å². The standard InChI is InChI=1S/C16H16F3NO/c1-11-3-5-13(6-4-11)12(2)20-14-7-9-15(10-8-14)21-16(17,18)19/h3-10,12,20H,1-2H3. The summed E-state index contributed by atoms with van der Waals surface area (Å²) < 4.78 is 40.0. The molecule has 0 saturated carbocycles. The Morgan fingerprint density at radius 3 is 2.05 bits per heavy atom. The van der Waals surface area contributed by atoms with Crippen LogP contribution in [0.15, 0.2) is 48.5 Å². The van der Waals surface area contributed by atoms with E-state index in [2.05, 4.69) is 10.1 Å². The van der Waals surface area contributed by atoms with Crippen LogP contribution in [-0.4, -0.2) is 6.36 Å². The molecule has 2 nitrogen and oxygen atoms in total. The van der Waals surface area contributed by atoms with Crippen molar-refractivity contribution in [2.75, 3.05) is 5.32 Å². The van der Waals surface area contributed by atoms with Crippen molar-refractivity contribution in [1.82, 2.24) is 0 Å². The van der Waals surface area contributed by atoms with Crippen LogP contribution >= 0.6 is 0 Å². The molecular weight excluding hydrogens is 279 g/mol. The minimum Gasteiger partial charge on any atom is -0.406 e. The van der Waals surface area contributed by atoms with Gasteiger partial charge in [0.2, 0.25) is 0 Å². The van der Waals surface area contributed by atoms with Gasteiger partial charge in [-0.25, -0.2) is 0 Å². The molecule has 2 rings (SSSR count). The van der Waals surface area contributed by atoms with E-state index >= 15 is 0 Å². The maximum absolute atomic E-state index is 12.1. The van der Waals surface area contributed by atoms with Crippen molar-refractivity contribution >= 4 is 5.69 Å². The lowest BCUT2D eigenvalue weighted by atomic mass is 10.1. The first-order valence-corrected chi connectivity index (χ1v) is 6.52. The quantitative estimate of drug-likeness (QED) is 0.850. The minimum absolute atomic E-state index is 0.0555. The average molecular weight is 295 g/mol. The average Bonchev–Trinajstić information content (AvgIpc) is 2.40. The highest BCUT2D eigenvalue weighted by Gasteiger charge is 2.30. The first kappa shape index (κ1) is 15.2. The summed E-state index contributed by atoms with van der Waals surface area (Å²) in [4.78, 5) is 0. The molecule has 1 unspecified atom stereocenters. The Hall–Kier alpha value is -2.17. The Morgan fingerprint density at radius 1 is 0.952 bits per heavy atom. The zero-order valence-electron chi connectivity index (χ0n) is 11.7. The molecule has 0 amide bonds. The molecule has 0 radical (unpaired) electrons. The molecule has 2 aromatic carbocycles. The van der Waals surface area contributed by atoms with E-state index in [-0.39, 0.29) is 11.8 Å². The first-order chi connectivity index (χ1) is 9.83. The molecule has 5 heteroatoms. The highest BCUT2D eigenvalue weighted by molar-refractivity contribution is 5.48. The van der Waals surface area contributed by atoms with Gasteiger partial charge in [-0.3, -0.25) is 0 Å². The van der Waals surface area contributed by atoms with Crippen molar-refractivity contribution < 1.29 is 17.9 Å². The molecule has 2 aromatic rings. The molecule has 0 heterocycles. The molecule has 0 aliphatic rings. The van der Waals surface area contributed by atoms with Gasteiger partial charge in [0.25, 0.3) is 0 Å². The van der Waals surface area contributed by atoms with Gasteiger partial charge >= 0.3 is 6.36 Å². The van der Waals surface area contributed by atoms with Crippen molar-refractivity contribution in [3.63, 3.8) is 0 Å². The van der Waals surface area contributed by atoms with Crippen LogP contribution in [0.3, 0.4) is 0 Å². The lowest BCUT2D eigenvalue weighted by molar-refractivity contribution is -0.274. The van der Waals surface area contributed by atoms with Crippen LogP contribution in [0.1, 0.15) is 24.1 Å². The number of ether oxygens (including phenoxy) is 1. The van der Waals surface area contributed by atoms with Gasteiger partial charge in [-0.1, -0.05) is 29.8 Å². The van der Waals surface area contributed by atoms with Crippen LogP contribution in [-0.2, 0) is 0 Å². The monoisotopic (exact) mass is 295 g/mol. The summed E-state index contributed by atoms with van der Waals surface area (Å²) in [7, 11) is 0. The van der Waals surface area contributed by atoms with Crippen molar-refractivity contribution in [2.45, 2.75) is 26.3 Å². The fraction of sp³-hybridized carbons (Fsp3) is 0.250. The van der Waals surface area contributed by atoms with E-state index in [0.29, 0.717) is 0 Å². The SMILES string of the molecule is Cc1ccc(C(C)Nc2ccc(OC(F)(F)F)cc2)cc1. The molecule has 1 N–H and O–H groups in total. The molecule has 0 aliphatic heterocycles. The molecule has 0 aliphatic carbocycles. The highest BCUT2D eigenvalue weighted by Crippen LogP contribution is 2.25. The molecule has 21 heavy (non-hydrogen) atoms. The second-order valence-corrected chi connectivity index (χ2v) is 4.85. The van der Waals surface area contributed by atoms with Gasteiger partial charge in [-0.05, 0) is 43.7 Å².